The molecule has 0 saturated carbocycles. The van der Waals surface area contributed by atoms with Crippen molar-refractivity contribution in [3.63, 3.8) is 0 Å². The molecule has 0 aliphatic carbocycles. The minimum Gasteiger partial charge on any atom is -0.492 e. The number of para-hydroxylation sites is 1. The summed E-state index contributed by atoms with van der Waals surface area (Å²) in [6.07, 6.45) is 0.651. The molecule has 0 amide bonds. The molecule has 25 heavy (non-hydrogen) atoms. The van der Waals surface area contributed by atoms with Crippen molar-refractivity contribution < 1.29 is 19.4 Å². The summed E-state index contributed by atoms with van der Waals surface area (Å²) in [7, 11) is 0. The van der Waals surface area contributed by atoms with Gasteiger partial charge in [-0.2, -0.15) is 0 Å². The van der Waals surface area contributed by atoms with Crippen LogP contribution >= 0.6 is 0 Å². The van der Waals surface area contributed by atoms with E-state index in [0.29, 0.717) is 18.7 Å². The summed E-state index contributed by atoms with van der Waals surface area (Å²) in [4.78, 5) is 23.4. The highest BCUT2D eigenvalue weighted by atomic mass is 16.5. The normalized spacial score (nSPS) is 12.1. The first-order valence-corrected chi connectivity index (χ1v) is 8.21. The minimum atomic E-state index is -1.03. The number of ether oxygens (including phenoxy) is 2. The number of pyridine rings is 1. The number of hydrogen-bond donors (Lipinski definition) is 1. The van der Waals surface area contributed by atoms with Gasteiger partial charge in [-0.25, -0.2) is 4.79 Å². The van der Waals surface area contributed by atoms with Gasteiger partial charge in [-0.3, -0.25) is 4.79 Å². The maximum Gasteiger partial charge on any atom is 0.333 e. The summed E-state index contributed by atoms with van der Waals surface area (Å²) < 4.78 is 12.5. The molecule has 0 radical (unpaired) electrons. The van der Waals surface area contributed by atoms with Crippen LogP contribution in [0.25, 0.3) is 0 Å². The highest BCUT2D eigenvalue weighted by Crippen LogP contribution is 2.09. The van der Waals surface area contributed by atoms with E-state index in [2.05, 4.69) is 0 Å². The zero-order valence-electron chi connectivity index (χ0n) is 14.4. The van der Waals surface area contributed by atoms with E-state index in [1.807, 2.05) is 30.3 Å². The first-order chi connectivity index (χ1) is 12.0. The van der Waals surface area contributed by atoms with Crippen LogP contribution in [0.1, 0.15) is 19.4 Å². The molecular formula is C19H23NO5. The third-order valence-corrected chi connectivity index (χ3v) is 3.54. The van der Waals surface area contributed by atoms with Gasteiger partial charge in [-0.05, 0) is 37.6 Å². The Hall–Kier alpha value is -2.60. The fraction of sp³-hybridized carbons (Fsp3) is 0.368. The van der Waals surface area contributed by atoms with Gasteiger partial charge >= 0.3 is 5.97 Å². The molecule has 2 rings (SSSR count). The first-order valence-electron chi connectivity index (χ1n) is 8.21. The van der Waals surface area contributed by atoms with Crippen LogP contribution in [-0.2, 0) is 22.5 Å². The highest BCUT2D eigenvalue weighted by molar-refractivity contribution is 5.72. The van der Waals surface area contributed by atoms with Crippen molar-refractivity contribution in [2.24, 2.45) is 0 Å². The van der Waals surface area contributed by atoms with E-state index in [9.17, 15) is 14.7 Å². The van der Waals surface area contributed by atoms with E-state index in [0.717, 1.165) is 5.75 Å². The summed E-state index contributed by atoms with van der Waals surface area (Å²) in [5, 5.41) is 9.21. The molecular weight excluding hydrogens is 322 g/mol. The van der Waals surface area contributed by atoms with E-state index in [-0.39, 0.29) is 18.1 Å². The topological polar surface area (TPSA) is 77.8 Å². The molecule has 0 aliphatic heterocycles. The lowest BCUT2D eigenvalue weighted by Crippen LogP contribution is -2.30. The lowest BCUT2D eigenvalue weighted by molar-refractivity contribution is -0.153. The van der Waals surface area contributed by atoms with Gasteiger partial charge in [0.1, 0.15) is 12.4 Å². The molecule has 1 N–H and O–H groups in total. The molecule has 0 fully saturated rings. The fourth-order valence-corrected chi connectivity index (χ4v) is 2.38. The first kappa shape index (κ1) is 18.7. The second-order valence-electron chi connectivity index (χ2n) is 5.94. The summed E-state index contributed by atoms with van der Waals surface area (Å²) in [5.41, 5.74) is 0.445. The lowest BCUT2D eigenvalue weighted by Gasteiger charge is -2.16. The zero-order valence-corrected chi connectivity index (χ0v) is 14.4. The van der Waals surface area contributed by atoms with Crippen LogP contribution in [0.5, 0.6) is 5.75 Å². The largest absolute Gasteiger partial charge is 0.492 e. The molecule has 0 bridgehead atoms. The van der Waals surface area contributed by atoms with Gasteiger partial charge in [-0.15, -0.1) is 0 Å². The Balaban J connectivity index is 1.95. The van der Waals surface area contributed by atoms with Crippen LogP contribution in [0.4, 0.5) is 0 Å². The molecule has 134 valence electrons. The van der Waals surface area contributed by atoms with Crippen molar-refractivity contribution in [2.75, 3.05) is 6.61 Å². The average molecular weight is 345 g/mol. The predicted octanol–water partition coefficient (Wildman–Crippen LogP) is 2.35. The maximum atomic E-state index is 12.2. The number of benzene rings is 1. The SMILES string of the molecule is CC(C)OC(Cc1ccn(CCOc2ccccc2)c(=O)c1)C(=O)O. The monoisotopic (exact) mass is 345 g/mol. The highest BCUT2D eigenvalue weighted by Gasteiger charge is 2.20. The van der Waals surface area contributed by atoms with Crippen molar-refractivity contribution in [2.45, 2.75) is 39.0 Å². The Morgan fingerprint density at radius 2 is 1.92 bits per heavy atom. The summed E-state index contributed by atoms with van der Waals surface area (Å²) in [5.74, 6) is -0.281. The lowest BCUT2D eigenvalue weighted by atomic mass is 10.1. The fourth-order valence-electron chi connectivity index (χ4n) is 2.38. The third kappa shape index (κ3) is 6.08. The van der Waals surface area contributed by atoms with Crippen molar-refractivity contribution in [3.8, 4) is 5.75 Å². The van der Waals surface area contributed by atoms with Crippen molar-refractivity contribution >= 4 is 5.97 Å². The molecule has 1 heterocycles. The number of carboxylic acid groups (broad SMARTS) is 1. The molecule has 0 spiro atoms. The van der Waals surface area contributed by atoms with Crippen molar-refractivity contribution in [3.05, 3.63) is 64.6 Å². The van der Waals surface area contributed by atoms with Gasteiger partial charge in [0.15, 0.2) is 6.10 Å². The quantitative estimate of drug-likeness (QED) is 0.755. The van der Waals surface area contributed by atoms with Gasteiger partial charge in [0.25, 0.3) is 5.56 Å². The molecule has 0 aliphatic rings. The van der Waals surface area contributed by atoms with E-state index in [4.69, 9.17) is 9.47 Å². The van der Waals surface area contributed by atoms with Crippen LogP contribution < -0.4 is 10.3 Å². The van der Waals surface area contributed by atoms with Crippen LogP contribution in [0.15, 0.2) is 53.5 Å². The van der Waals surface area contributed by atoms with E-state index in [1.165, 1.54) is 10.6 Å². The Labute approximate surface area is 146 Å². The zero-order chi connectivity index (χ0) is 18.2. The molecule has 1 aromatic carbocycles. The molecule has 2 aromatic rings. The Kier molecular flexibility index (Phi) is 6.77. The number of nitrogens with zero attached hydrogens (tertiary/aromatic N) is 1. The Morgan fingerprint density at radius 3 is 2.52 bits per heavy atom. The molecule has 6 nitrogen and oxygen atoms in total. The summed E-state index contributed by atoms with van der Waals surface area (Å²) in [6, 6.07) is 12.6. The van der Waals surface area contributed by atoms with Crippen LogP contribution in [0.2, 0.25) is 0 Å². The predicted molar refractivity (Wildman–Crippen MR) is 94.0 cm³/mol. The van der Waals surface area contributed by atoms with Crippen molar-refractivity contribution in [1.29, 1.82) is 0 Å². The third-order valence-electron chi connectivity index (χ3n) is 3.54. The van der Waals surface area contributed by atoms with Gasteiger partial charge in [-0.1, -0.05) is 18.2 Å². The number of rotatable bonds is 9. The summed E-state index contributed by atoms with van der Waals surface area (Å²) in [6.45, 7) is 4.34. The Bertz CT molecular complexity index is 739. The molecule has 1 aromatic heterocycles. The van der Waals surface area contributed by atoms with Crippen LogP contribution in [0.3, 0.4) is 0 Å². The molecule has 1 atom stereocenters. The number of carbonyl (C=O) groups is 1. The van der Waals surface area contributed by atoms with E-state index >= 15 is 0 Å². The molecule has 0 saturated heterocycles. The van der Waals surface area contributed by atoms with Gasteiger partial charge < -0.3 is 19.1 Å². The van der Waals surface area contributed by atoms with Gasteiger partial charge in [0, 0.05) is 18.7 Å². The number of hydrogen-bond acceptors (Lipinski definition) is 4. The van der Waals surface area contributed by atoms with Gasteiger partial charge in [0.2, 0.25) is 0 Å². The molecule has 6 heteroatoms. The minimum absolute atomic E-state index is 0.157. The number of aliphatic carboxylic acids is 1. The smallest absolute Gasteiger partial charge is 0.333 e. The summed E-state index contributed by atoms with van der Waals surface area (Å²) >= 11 is 0. The maximum absolute atomic E-state index is 12.2. The number of aromatic nitrogens is 1. The van der Waals surface area contributed by atoms with Gasteiger partial charge in [0.05, 0.1) is 12.6 Å². The number of carboxylic acids is 1. The second-order valence-corrected chi connectivity index (χ2v) is 5.94. The molecule has 1 unspecified atom stereocenters. The van der Waals surface area contributed by atoms with Crippen LogP contribution in [0, 0.1) is 0 Å². The average Bonchev–Trinajstić information content (AvgIpc) is 2.56. The van der Waals surface area contributed by atoms with Crippen LogP contribution in [-0.4, -0.2) is 34.5 Å². The Morgan fingerprint density at radius 1 is 1.20 bits per heavy atom. The standard InChI is InChI=1S/C19H23NO5/c1-14(2)25-17(19(22)23)12-15-8-9-20(18(21)13-15)10-11-24-16-6-4-3-5-7-16/h3-9,13-14,17H,10-12H2,1-2H3,(H,22,23). The van der Waals surface area contributed by atoms with Crippen molar-refractivity contribution in [1.82, 2.24) is 4.57 Å². The van der Waals surface area contributed by atoms with E-state index in [1.54, 1.807) is 26.1 Å². The second kappa shape index (κ2) is 9.03. The van der Waals surface area contributed by atoms with E-state index < -0.39 is 12.1 Å².